The van der Waals surface area contributed by atoms with E-state index in [2.05, 4.69) is 20.4 Å². The van der Waals surface area contributed by atoms with Crippen molar-refractivity contribution < 1.29 is 0 Å². The molecule has 112 valence electrons. The smallest absolute Gasteiger partial charge is 0.243 e. The van der Waals surface area contributed by atoms with E-state index < -0.39 is 0 Å². The number of anilines is 3. The first kappa shape index (κ1) is 15.3. The van der Waals surface area contributed by atoms with Crippen LogP contribution in [0.5, 0.6) is 0 Å². The van der Waals surface area contributed by atoms with E-state index in [0.29, 0.717) is 29.4 Å². The van der Waals surface area contributed by atoms with Gasteiger partial charge in [0, 0.05) is 32.7 Å². The molecule has 3 N–H and O–H groups in total. The van der Waals surface area contributed by atoms with Crippen LogP contribution in [-0.2, 0) is 6.54 Å². The average Bonchev–Trinajstić information content (AvgIpc) is 2.49. The number of benzene rings is 1. The van der Waals surface area contributed by atoms with Gasteiger partial charge in [0.15, 0.2) is 0 Å². The molecule has 0 saturated heterocycles. The van der Waals surface area contributed by atoms with Crippen molar-refractivity contribution in [2.45, 2.75) is 6.54 Å². The van der Waals surface area contributed by atoms with Gasteiger partial charge in [-0.3, -0.25) is 5.43 Å². The molecule has 1 aromatic heterocycles. The highest BCUT2D eigenvalue weighted by Crippen LogP contribution is 2.17. The second-order valence-corrected chi connectivity index (χ2v) is 5.22. The van der Waals surface area contributed by atoms with Crippen LogP contribution in [0.4, 0.5) is 17.8 Å². The minimum absolute atomic E-state index is 0.326. The van der Waals surface area contributed by atoms with Crippen molar-refractivity contribution in [1.29, 1.82) is 0 Å². The van der Waals surface area contributed by atoms with Crippen LogP contribution >= 0.6 is 11.6 Å². The molecule has 0 unspecified atom stereocenters. The zero-order valence-electron chi connectivity index (χ0n) is 12.2. The maximum absolute atomic E-state index is 5.89. The maximum atomic E-state index is 5.89. The molecule has 0 radical (unpaired) electrons. The Bertz CT molecular complexity index is 600. The molecule has 2 aromatic rings. The van der Waals surface area contributed by atoms with E-state index in [4.69, 9.17) is 17.4 Å². The standard InChI is InChI=1S/C13H18ClN7/c1-20(2)12-16-11(19-15)17-13(18-12)21(3)8-9-4-6-10(14)7-5-9/h4-7H,8,15H2,1-3H3,(H,16,17,18,19). The van der Waals surface area contributed by atoms with E-state index in [1.807, 2.05) is 50.3 Å². The van der Waals surface area contributed by atoms with Gasteiger partial charge >= 0.3 is 0 Å². The van der Waals surface area contributed by atoms with Crippen molar-refractivity contribution in [2.75, 3.05) is 36.4 Å². The van der Waals surface area contributed by atoms with Gasteiger partial charge in [-0.1, -0.05) is 23.7 Å². The third-order valence-electron chi connectivity index (χ3n) is 2.82. The summed E-state index contributed by atoms with van der Waals surface area (Å²) in [5, 5.41) is 0.714. The first-order valence-electron chi connectivity index (χ1n) is 6.35. The summed E-state index contributed by atoms with van der Waals surface area (Å²) >= 11 is 5.89. The molecule has 0 aliphatic carbocycles. The number of hydrogen-bond donors (Lipinski definition) is 2. The zero-order valence-corrected chi connectivity index (χ0v) is 13.0. The van der Waals surface area contributed by atoms with Gasteiger partial charge < -0.3 is 9.80 Å². The normalized spacial score (nSPS) is 10.3. The lowest BCUT2D eigenvalue weighted by molar-refractivity contribution is 0.842. The molecule has 1 aromatic carbocycles. The van der Waals surface area contributed by atoms with Crippen molar-refractivity contribution >= 4 is 29.4 Å². The van der Waals surface area contributed by atoms with Gasteiger partial charge in [-0.15, -0.1) is 0 Å². The van der Waals surface area contributed by atoms with E-state index in [1.54, 1.807) is 4.90 Å². The number of rotatable bonds is 5. The van der Waals surface area contributed by atoms with E-state index >= 15 is 0 Å². The molecule has 0 spiro atoms. The van der Waals surface area contributed by atoms with Crippen LogP contribution < -0.4 is 21.1 Å². The zero-order chi connectivity index (χ0) is 15.4. The molecule has 0 aliphatic rings. The highest BCUT2D eigenvalue weighted by Gasteiger charge is 2.11. The lowest BCUT2D eigenvalue weighted by atomic mass is 10.2. The molecule has 1 heterocycles. The first-order valence-corrected chi connectivity index (χ1v) is 6.73. The minimum atomic E-state index is 0.326. The fraction of sp³-hybridized carbons (Fsp3) is 0.308. The number of hydrogen-bond acceptors (Lipinski definition) is 7. The van der Waals surface area contributed by atoms with E-state index in [-0.39, 0.29) is 0 Å². The Morgan fingerprint density at radius 2 is 1.67 bits per heavy atom. The van der Waals surface area contributed by atoms with Crippen LogP contribution in [0.3, 0.4) is 0 Å². The number of aromatic nitrogens is 3. The van der Waals surface area contributed by atoms with Crippen molar-refractivity contribution in [2.24, 2.45) is 5.84 Å². The van der Waals surface area contributed by atoms with E-state index in [1.165, 1.54) is 0 Å². The lowest BCUT2D eigenvalue weighted by Gasteiger charge is -2.19. The summed E-state index contributed by atoms with van der Waals surface area (Å²) in [4.78, 5) is 16.6. The molecule has 21 heavy (non-hydrogen) atoms. The summed E-state index contributed by atoms with van der Waals surface area (Å²) < 4.78 is 0. The summed E-state index contributed by atoms with van der Waals surface area (Å²) in [6.45, 7) is 0.651. The van der Waals surface area contributed by atoms with Crippen LogP contribution in [0.25, 0.3) is 0 Å². The van der Waals surface area contributed by atoms with Gasteiger partial charge in [0.2, 0.25) is 17.8 Å². The minimum Gasteiger partial charge on any atom is -0.347 e. The van der Waals surface area contributed by atoms with Gasteiger partial charge in [-0.25, -0.2) is 5.84 Å². The number of nitrogens with two attached hydrogens (primary N) is 1. The maximum Gasteiger partial charge on any atom is 0.243 e. The third-order valence-corrected chi connectivity index (χ3v) is 3.07. The molecule has 8 heteroatoms. The van der Waals surface area contributed by atoms with Crippen LogP contribution in [0.15, 0.2) is 24.3 Å². The van der Waals surface area contributed by atoms with Crippen LogP contribution in [0.2, 0.25) is 5.02 Å². The van der Waals surface area contributed by atoms with Crippen molar-refractivity contribution in [3.63, 3.8) is 0 Å². The van der Waals surface area contributed by atoms with Gasteiger partial charge in [0.25, 0.3) is 0 Å². The highest BCUT2D eigenvalue weighted by atomic mass is 35.5. The average molecular weight is 308 g/mol. The Morgan fingerprint density at radius 3 is 2.24 bits per heavy atom. The number of hydrazine groups is 1. The Hall–Kier alpha value is -2.12. The molecule has 0 atom stereocenters. The topological polar surface area (TPSA) is 83.2 Å². The molecular weight excluding hydrogens is 290 g/mol. The van der Waals surface area contributed by atoms with Crippen molar-refractivity contribution in [3.05, 3.63) is 34.9 Å². The fourth-order valence-electron chi connectivity index (χ4n) is 1.72. The molecule has 0 fully saturated rings. The number of nitrogen functional groups attached to an aromatic ring is 1. The number of halogens is 1. The number of nitrogens with one attached hydrogen (secondary N) is 1. The highest BCUT2D eigenvalue weighted by molar-refractivity contribution is 6.30. The first-order chi connectivity index (χ1) is 9.99. The third kappa shape index (κ3) is 3.93. The molecule has 7 nitrogen and oxygen atoms in total. The second kappa shape index (κ2) is 6.55. The predicted molar refractivity (Wildman–Crippen MR) is 85.5 cm³/mol. The van der Waals surface area contributed by atoms with Gasteiger partial charge in [-0.05, 0) is 17.7 Å². The Balaban J connectivity index is 2.23. The Kier molecular flexibility index (Phi) is 4.77. The SMILES string of the molecule is CN(C)c1nc(NN)nc(N(C)Cc2ccc(Cl)cc2)n1. The lowest BCUT2D eigenvalue weighted by Crippen LogP contribution is -2.24. The molecule has 0 amide bonds. The second-order valence-electron chi connectivity index (χ2n) is 4.78. The molecular formula is C13H18ClN7. The summed E-state index contributed by atoms with van der Waals surface area (Å²) in [5.41, 5.74) is 3.56. The number of nitrogens with zero attached hydrogens (tertiary/aromatic N) is 5. The van der Waals surface area contributed by atoms with Crippen LogP contribution in [0, 0.1) is 0 Å². The summed E-state index contributed by atoms with van der Waals surface area (Å²) in [6.07, 6.45) is 0. The molecule has 0 aliphatic heterocycles. The molecule has 2 rings (SSSR count). The van der Waals surface area contributed by atoms with Gasteiger partial charge in [-0.2, -0.15) is 15.0 Å². The largest absolute Gasteiger partial charge is 0.347 e. The quantitative estimate of drug-likeness (QED) is 0.640. The molecule has 0 bridgehead atoms. The predicted octanol–water partition coefficient (Wildman–Crippen LogP) is 1.51. The monoisotopic (exact) mass is 307 g/mol. The summed E-state index contributed by atoms with van der Waals surface area (Å²) in [7, 11) is 5.63. The summed E-state index contributed by atoms with van der Waals surface area (Å²) in [6, 6.07) is 7.65. The van der Waals surface area contributed by atoms with E-state index in [0.717, 1.165) is 5.56 Å². The van der Waals surface area contributed by atoms with Gasteiger partial charge in [0.05, 0.1) is 0 Å². The summed E-state index contributed by atoms with van der Waals surface area (Å²) in [5.74, 6) is 6.80. The van der Waals surface area contributed by atoms with Gasteiger partial charge in [0.1, 0.15) is 0 Å². The van der Waals surface area contributed by atoms with Crippen LogP contribution in [-0.4, -0.2) is 36.1 Å². The molecule has 0 saturated carbocycles. The Labute approximate surface area is 128 Å². The fourth-order valence-corrected chi connectivity index (χ4v) is 1.85. The Morgan fingerprint density at radius 1 is 1.05 bits per heavy atom. The van der Waals surface area contributed by atoms with Crippen molar-refractivity contribution in [1.82, 2.24) is 15.0 Å². The van der Waals surface area contributed by atoms with E-state index in [9.17, 15) is 0 Å². The van der Waals surface area contributed by atoms with Crippen molar-refractivity contribution in [3.8, 4) is 0 Å². The van der Waals surface area contributed by atoms with Crippen LogP contribution in [0.1, 0.15) is 5.56 Å².